The summed E-state index contributed by atoms with van der Waals surface area (Å²) >= 11 is 3.50. The van der Waals surface area contributed by atoms with Crippen LogP contribution in [0.5, 0.6) is 0 Å². The van der Waals surface area contributed by atoms with E-state index >= 15 is 0 Å². The summed E-state index contributed by atoms with van der Waals surface area (Å²) in [6, 6.07) is 13.4. The lowest BCUT2D eigenvalue weighted by atomic mass is 10.1. The highest BCUT2D eigenvalue weighted by Gasteiger charge is 2.21. The molecule has 2 aromatic carbocycles. The molecular weight excluding hydrogens is 434 g/mol. The number of hydrogen-bond donors (Lipinski definition) is 1. The summed E-state index contributed by atoms with van der Waals surface area (Å²) in [6.45, 7) is 4.29. The fourth-order valence-electron chi connectivity index (χ4n) is 3.79. The van der Waals surface area contributed by atoms with E-state index in [0.29, 0.717) is 31.7 Å². The molecule has 152 valence electrons. The smallest absolute Gasteiger partial charge is 0.255 e. The molecule has 2 aliphatic heterocycles. The second-order valence-corrected chi connectivity index (χ2v) is 8.25. The molecule has 29 heavy (non-hydrogen) atoms. The van der Waals surface area contributed by atoms with Crippen LogP contribution in [-0.4, -0.2) is 49.6 Å². The first-order valence-electron chi connectivity index (χ1n) is 9.90. The number of rotatable bonds is 5. The molecule has 1 N–H and O–H groups in total. The first-order valence-corrected chi connectivity index (χ1v) is 10.7. The van der Waals surface area contributed by atoms with Crippen LogP contribution in [0, 0.1) is 0 Å². The molecule has 2 saturated heterocycles. The van der Waals surface area contributed by atoms with Crippen LogP contribution in [0.1, 0.15) is 28.8 Å². The molecule has 0 saturated carbocycles. The van der Waals surface area contributed by atoms with E-state index in [2.05, 4.69) is 26.1 Å². The van der Waals surface area contributed by atoms with Gasteiger partial charge in [0.2, 0.25) is 5.91 Å². The van der Waals surface area contributed by atoms with Crippen LogP contribution in [0.3, 0.4) is 0 Å². The van der Waals surface area contributed by atoms with E-state index in [1.54, 1.807) is 6.07 Å². The third-order valence-electron chi connectivity index (χ3n) is 5.29. The van der Waals surface area contributed by atoms with Crippen LogP contribution in [0.4, 0.5) is 11.4 Å². The maximum atomic E-state index is 13.0. The molecule has 2 aliphatic rings. The molecule has 0 atom stereocenters. The number of carbonyl (C=O) groups is 2. The van der Waals surface area contributed by atoms with Gasteiger partial charge in [-0.25, -0.2) is 0 Å². The number of hydrogen-bond acceptors (Lipinski definition) is 4. The Kier molecular flexibility index (Phi) is 6.16. The molecule has 0 spiro atoms. The van der Waals surface area contributed by atoms with E-state index in [4.69, 9.17) is 4.74 Å². The van der Waals surface area contributed by atoms with Crippen molar-refractivity contribution in [2.75, 3.05) is 43.1 Å². The largest absolute Gasteiger partial charge is 0.378 e. The number of nitrogens with one attached hydrogen (secondary N) is 1. The maximum absolute atomic E-state index is 13.0. The number of halogens is 1. The molecule has 2 fully saturated rings. The van der Waals surface area contributed by atoms with Crippen LogP contribution in [0.25, 0.3) is 0 Å². The van der Waals surface area contributed by atoms with Gasteiger partial charge in [-0.05, 0) is 42.3 Å². The van der Waals surface area contributed by atoms with Crippen molar-refractivity contribution >= 4 is 39.1 Å². The summed E-state index contributed by atoms with van der Waals surface area (Å²) in [5.41, 5.74) is 3.31. The molecule has 0 bridgehead atoms. The van der Waals surface area contributed by atoms with Crippen molar-refractivity contribution in [3.05, 3.63) is 58.1 Å². The van der Waals surface area contributed by atoms with Gasteiger partial charge in [-0.1, -0.05) is 28.1 Å². The van der Waals surface area contributed by atoms with E-state index in [1.165, 1.54) is 0 Å². The predicted octanol–water partition coefficient (Wildman–Crippen LogP) is 3.66. The highest BCUT2D eigenvalue weighted by molar-refractivity contribution is 9.10. The van der Waals surface area contributed by atoms with Crippen LogP contribution < -0.4 is 10.2 Å². The Morgan fingerprint density at radius 3 is 2.69 bits per heavy atom. The average Bonchev–Trinajstić information content (AvgIpc) is 3.13. The molecule has 0 aliphatic carbocycles. The summed E-state index contributed by atoms with van der Waals surface area (Å²) in [5, 5.41) is 3.06. The van der Waals surface area contributed by atoms with Gasteiger partial charge in [0.25, 0.3) is 5.91 Å². The minimum absolute atomic E-state index is 0.160. The molecule has 0 aromatic heterocycles. The summed E-state index contributed by atoms with van der Waals surface area (Å²) in [6.07, 6.45) is 1.53. The standard InChI is InChI=1S/C22H24BrN3O3/c23-18-6-7-20(25-9-11-29-12-10-25)19(14-18)24-22(28)17-4-1-3-16(13-17)15-26-8-2-5-21(26)27/h1,3-4,6-7,13-14H,2,5,8-12,15H2,(H,24,28). The van der Waals surface area contributed by atoms with Crippen LogP contribution >= 0.6 is 15.9 Å². The lowest BCUT2D eigenvalue weighted by molar-refractivity contribution is -0.128. The van der Waals surface area contributed by atoms with Crippen LogP contribution in [0.2, 0.25) is 0 Å². The Morgan fingerprint density at radius 1 is 1.10 bits per heavy atom. The topological polar surface area (TPSA) is 61.9 Å². The first kappa shape index (κ1) is 19.9. The number of amides is 2. The number of morpholine rings is 1. The van der Waals surface area contributed by atoms with Crippen molar-refractivity contribution < 1.29 is 14.3 Å². The number of benzene rings is 2. The molecule has 0 unspecified atom stereocenters. The number of ether oxygens (including phenoxy) is 1. The van der Waals surface area contributed by atoms with E-state index in [1.807, 2.05) is 41.3 Å². The van der Waals surface area contributed by atoms with E-state index in [-0.39, 0.29) is 11.8 Å². The molecular formula is C22H24BrN3O3. The molecule has 2 heterocycles. The zero-order valence-electron chi connectivity index (χ0n) is 16.2. The van der Waals surface area contributed by atoms with Crippen molar-refractivity contribution in [1.82, 2.24) is 4.90 Å². The van der Waals surface area contributed by atoms with Crippen LogP contribution in [0.15, 0.2) is 46.9 Å². The van der Waals surface area contributed by atoms with Gasteiger partial charge in [-0.3, -0.25) is 9.59 Å². The van der Waals surface area contributed by atoms with Crippen LogP contribution in [-0.2, 0) is 16.1 Å². The fourth-order valence-corrected chi connectivity index (χ4v) is 4.15. The van der Waals surface area contributed by atoms with Gasteiger partial charge >= 0.3 is 0 Å². The SMILES string of the molecule is O=C(Nc1cc(Br)ccc1N1CCOCC1)c1cccc(CN2CCCC2=O)c1. The Labute approximate surface area is 178 Å². The minimum Gasteiger partial charge on any atom is -0.378 e. The zero-order valence-corrected chi connectivity index (χ0v) is 17.8. The predicted molar refractivity (Wildman–Crippen MR) is 116 cm³/mol. The number of nitrogens with zero attached hydrogens (tertiary/aromatic N) is 2. The fraction of sp³-hybridized carbons (Fsp3) is 0.364. The number of likely N-dealkylation sites (tertiary alicyclic amines) is 1. The van der Waals surface area contributed by atoms with Gasteiger partial charge < -0.3 is 19.9 Å². The number of anilines is 2. The first-order chi connectivity index (χ1) is 14.1. The summed E-state index contributed by atoms with van der Waals surface area (Å²) in [7, 11) is 0. The summed E-state index contributed by atoms with van der Waals surface area (Å²) < 4.78 is 6.35. The minimum atomic E-state index is -0.160. The normalized spacial score (nSPS) is 16.9. The van der Waals surface area contributed by atoms with Crippen molar-refractivity contribution in [2.45, 2.75) is 19.4 Å². The average molecular weight is 458 g/mol. The van der Waals surface area contributed by atoms with Crippen molar-refractivity contribution in [1.29, 1.82) is 0 Å². The highest BCUT2D eigenvalue weighted by atomic mass is 79.9. The molecule has 2 amide bonds. The van der Waals surface area contributed by atoms with Crippen molar-refractivity contribution in [2.24, 2.45) is 0 Å². The van der Waals surface area contributed by atoms with Gasteiger partial charge in [0.1, 0.15) is 0 Å². The van der Waals surface area contributed by atoms with Gasteiger partial charge in [0, 0.05) is 42.6 Å². The van der Waals surface area contributed by atoms with Gasteiger partial charge in [-0.2, -0.15) is 0 Å². The lowest BCUT2D eigenvalue weighted by Gasteiger charge is -2.30. The second-order valence-electron chi connectivity index (χ2n) is 7.33. The molecule has 2 aromatic rings. The zero-order chi connectivity index (χ0) is 20.2. The highest BCUT2D eigenvalue weighted by Crippen LogP contribution is 2.30. The Balaban J connectivity index is 1.51. The van der Waals surface area contributed by atoms with Gasteiger partial charge in [0.15, 0.2) is 0 Å². The summed E-state index contributed by atoms with van der Waals surface area (Å²) in [5.74, 6) is 0.0244. The Hall–Kier alpha value is -2.38. The Morgan fingerprint density at radius 2 is 1.93 bits per heavy atom. The monoisotopic (exact) mass is 457 g/mol. The Bertz CT molecular complexity index is 912. The quantitative estimate of drug-likeness (QED) is 0.743. The van der Waals surface area contributed by atoms with E-state index in [9.17, 15) is 9.59 Å². The molecule has 0 radical (unpaired) electrons. The van der Waals surface area contributed by atoms with E-state index in [0.717, 1.165) is 47.5 Å². The third kappa shape index (κ3) is 4.79. The van der Waals surface area contributed by atoms with Crippen molar-refractivity contribution in [3.63, 3.8) is 0 Å². The third-order valence-corrected chi connectivity index (χ3v) is 5.79. The number of carbonyl (C=O) groups excluding carboxylic acids is 2. The van der Waals surface area contributed by atoms with Gasteiger partial charge in [0.05, 0.1) is 24.6 Å². The lowest BCUT2D eigenvalue weighted by Crippen LogP contribution is -2.36. The second kappa shape index (κ2) is 8.97. The summed E-state index contributed by atoms with van der Waals surface area (Å²) in [4.78, 5) is 28.9. The molecule has 6 nitrogen and oxygen atoms in total. The maximum Gasteiger partial charge on any atom is 0.255 e. The molecule has 7 heteroatoms. The van der Waals surface area contributed by atoms with Crippen molar-refractivity contribution in [3.8, 4) is 0 Å². The molecule has 4 rings (SSSR count). The van der Waals surface area contributed by atoms with E-state index < -0.39 is 0 Å². The van der Waals surface area contributed by atoms with Gasteiger partial charge in [-0.15, -0.1) is 0 Å².